The highest BCUT2D eigenvalue weighted by molar-refractivity contribution is 5.77. The summed E-state index contributed by atoms with van der Waals surface area (Å²) in [6, 6.07) is 9.72. The van der Waals surface area contributed by atoms with Crippen molar-refractivity contribution < 1.29 is 4.79 Å². The Morgan fingerprint density at radius 1 is 1.07 bits per heavy atom. The number of nitrogens with zero attached hydrogens (tertiary/aromatic N) is 1. The zero-order valence-corrected chi connectivity index (χ0v) is 19.8. The monoisotopic (exact) mass is 407 g/mol. The fourth-order valence-electron chi connectivity index (χ4n) is 8.89. The molecule has 30 heavy (non-hydrogen) atoms. The summed E-state index contributed by atoms with van der Waals surface area (Å²) in [7, 11) is 2.08. The van der Waals surface area contributed by atoms with Crippen LogP contribution in [0.1, 0.15) is 76.8 Å². The number of piperidine rings is 1. The lowest BCUT2D eigenvalue weighted by molar-refractivity contribution is -0.164. The number of carbonyl (C=O) groups excluding carboxylic acids is 1. The molecule has 4 aliphatic rings. The van der Waals surface area contributed by atoms with Gasteiger partial charge in [0, 0.05) is 19.5 Å². The van der Waals surface area contributed by atoms with Gasteiger partial charge in [0.2, 0.25) is 5.91 Å². The molecule has 4 fully saturated rings. The van der Waals surface area contributed by atoms with Crippen LogP contribution in [0.2, 0.25) is 0 Å². The molecule has 0 radical (unpaired) electrons. The van der Waals surface area contributed by atoms with Crippen LogP contribution in [-0.4, -0.2) is 23.9 Å². The second-order valence-corrected chi connectivity index (χ2v) is 12.2. The van der Waals surface area contributed by atoms with Crippen LogP contribution in [0, 0.1) is 47.3 Å². The van der Waals surface area contributed by atoms with Gasteiger partial charge in [0.15, 0.2) is 0 Å². The Balaban J connectivity index is 1.39. The quantitative estimate of drug-likeness (QED) is 0.566. The number of benzene rings is 1. The summed E-state index contributed by atoms with van der Waals surface area (Å²) in [5.74, 6) is 4.50. The van der Waals surface area contributed by atoms with E-state index in [2.05, 4.69) is 63.9 Å². The highest BCUT2D eigenvalue weighted by atomic mass is 16.2. The van der Waals surface area contributed by atoms with Crippen molar-refractivity contribution in [3.05, 3.63) is 35.4 Å². The topological polar surface area (TPSA) is 20.3 Å². The molecule has 0 spiro atoms. The third-order valence-corrected chi connectivity index (χ3v) is 10.4. The van der Waals surface area contributed by atoms with Gasteiger partial charge in [0.25, 0.3) is 0 Å². The van der Waals surface area contributed by atoms with Crippen molar-refractivity contribution in [3.8, 4) is 0 Å². The highest BCUT2D eigenvalue weighted by Crippen LogP contribution is 2.67. The van der Waals surface area contributed by atoms with Gasteiger partial charge in [-0.1, -0.05) is 50.6 Å². The Morgan fingerprint density at radius 2 is 1.80 bits per heavy atom. The van der Waals surface area contributed by atoms with E-state index in [9.17, 15) is 4.79 Å². The minimum Gasteiger partial charge on any atom is -0.342 e. The molecule has 1 aliphatic heterocycles. The molecule has 3 saturated carbocycles. The van der Waals surface area contributed by atoms with E-state index >= 15 is 0 Å². The first-order valence-corrected chi connectivity index (χ1v) is 12.5. The van der Waals surface area contributed by atoms with E-state index < -0.39 is 0 Å². The summed E-state index contributed by atoms with van der Waals surface area (Å²) in [6.07, 6.45) is 9.98. The zero-order valence-electron chi connectivity index (χ0n) is 19.8. The molecular weight excluding hydrogens is 366 g/mol. The van der Waals surface area contributed by atoms with Crippen LogP contribution < -0.4 is 0 Å². The van der Waals surface area contributed by atoms with Crippen LogP contribution >= 0.6 is 0 Å². The minimum absolute atomic E-state index is 0.330. The maximum atomic E-state index is 12.5. The summed E-state index contributed by atoms with van der Waals surface area (Å²) in [6.45, 7) is 9.87. The van der Waals surface area contributed by atoms with Gasteiger partial charge >= 0.3 is 0 Å². The molecular formula is C28H41NO. The maximum absolute atomic E-state index is 12.5. The van der Waals surface area contributed by atoms with Crippen molar-refractivity contribution in [3.63, 3.8) is 0 Å². The van der Waals surface area contributed by atoms with Crippen LogP contribution in [0.3, 0.4) is 0 Å². The molecule has 1 amide bonds. The van der Waals surface area contributed by atoms with Gasteiger partial charge in [-0.2, -0.15) is 0 Å². The van der Waals surface area contributed by atoms with Crippen LogP contribution in [0.25, 0.3) is 0 Å². The lowest BCUT2D eigenvalue weighted by atomic mass is 9.45. The zero-order chi connectivity index (χ0) is 21.3. The molecule has 5 rings (SSSR count). The third-order valence-electron chi connectivity index (χ3n) is 10.4. The van der Waals surface area contributed by atoms with E-state index in [1.807, 2.05) is 0 Å². The molecule has 8 atom stereocenters. The second-order valence-electron chi connectivity index (χ2n) is 12.2. The number of carbonyl (C=O) groups is 1. The van der Waals surface area contributed by atoms with Gasteiger partial charge in [-0.3, -0.25) is 4.79 Å². The summed E-state index contributed by atoms with van der Waals surface area (Å²) >= 11 is 0. The number of fused-ring (bicyclic) bond motifs is 5. The highest BCUT2D eigenvalue weighted by Gasteiger charge is 2.61. The number of aryl methyl sites for hydroxylation is 1. The summed E-state index contributed by atoms with van der Waals surface area (Å²) in [5.41, 5.74) is 3.75. The Bertz CT molecular complexity index is 814. The van der Waals surface area contributed by atoms with E-state index in [0.717, 1.165) is 42.4 Å². The lowest BCUT2D eigenvalue weighted by Crippen LogP contribution is -2.62. The number of likely N-dealkylation sites (tertiary alicyclic amines) is 1. The van der Waals surface area contributed by atoms with E-state index in [1.54, 1.807) is 0 Å². The molecule has 2 nitrogen and oxygen atoms in total. The first-order valence-electron chi connectivity index (χ1n) is 12.5. The molecule has 1 aromatic rings. The molecule has 1 heterocycles. The molecule has 0 aromatic heterocycles. The van der Waals surface area contributed by atoms with Crippen molar-refractivity contribution in [1.82, 2.24) is 4.90 Å². The van der Waals surface area contributed by atoms with Gasteiger partial charge in [0.05, 0.1) is 0 Å². The predicted molar refractivity (Wildman–Crippen MR) is 123 cm³/mol. The standard InChI is InChI=1S/C28H41NO/c1-18-6-8-20(9-7-18)15-21-16-23-26-19(2)14-24-28(4,13-11-25(30)29(24)5)22(26)10-12-27(23,3)17-21/h6-9,19,21-24,26H,10-17H2,1-5H3/t19?,21?,22-,23+,24?,26-,27-,28-/m1/s1. The largest absolute Gasteiger partial charge is 0.342 e. The molecule has 3 unspecified atom stereocenters. The maximum Gasteiger partial charge on any atom is 0.222 e. The summed E-state index contributed by atoms with van der Waals surface area (Å²) in [5, 5.41) is 0. The second kappa shape index (κ2) is 7.10. The van der Waals surface area contributed by atoms with Gasteiger partial charge in [-0.05, 0) is 97.9 Å². The minimum atomic E-state index is 0.330. The number of hydrogen-bond donors (Lipinski definition) is 0. The molecule has 2 heteroatoms. The van der Waals surface area contributed by atoms with E-state index in [4.69, 9.17) is 0 Å². The molecule has 3 aliphatic carbocycles. The fraction of sp³-hybridized carbons (Fsp3) is 0.750. The van der Waals surface area contributed by atoms with Crippen molar-refractivity contribution in [2.45, 2.75) is 85.1 Å². The average Bonchev–Trinajstić information content (AvgIpc) is 3.04. The first-order chi connectivity index (χ1) is 14.2. The van der Waals surface area contributed by atoms with Gasteiger partial charge in [0.1, 0.15) is 0 Å². The number of hydrogen-bond acceptors (Lipinski definition) is 1. The normalized spacial score (nSPS) is 45.6. The smallest absolute Gasteiger partial charge is 0.222 e. The molecule has 0 N–H and O–H groups in total. The van der Waals surface area contributed by atoms with Crippen LogP contribution in [0.5, 0.6) is 0 Å². The van der Waals surface area contributed by atoms with Gasteiger partial charge in [-0.15, -0.1) is 0 Å². The van der Waals surface area contributed by atoms with E-state index in [0.29, 0.717) is 22.8 Å². The van der Waals surface area contributed by atoms with Crippen molar-refractivity contribution in [2.24, 2.45) is 40.4 Å². The Labute approximate surface area is 183 Å². The van der Waals surface area contributed by atoms with Gasteiger partial charge < -0.3 is 4.90 Å². The number of rotatable bonds is 2. The Morgan fingerprint density at radius 3 is 2.53 bits per heavy atom. The van der Waals surface area contributed by atoms with Crippen molar-refractivity contribution in [2.75, 3.05) is 7.05 Å². The summed E-state index contributed by atoms with van der Waals surface area (Å²) < 4.78 is 0. The number of amides is 1. The van der Waals surface area contributed by atoms with Crippen molar-refractivity contribution >= 4 is 5.91 Å². The lowest BCUT2D eigenvalue weighted by Gasteiger charge is -2.63. The Kier molecular flexibility index (Phi) is 4.88. The predicted octanol–water partition coefficient (Wildman–Crippen LogP) is 6.26. The van der Waals surface area contributed by atoms with Crippen LogP contribution in [0.4, 0.5) is 0 Å². The molecule has 0 bridgehead atoms. The molecule has 1 aromatic carbocycles. The molecule has 1 saturated heterocycles. The Hall–Kier alpha value is -1.31. The molecule has 164 valence electrons. The van der Waals surface area contributed by atoms with Crippen molar-refractivity contribution in [1.29, 1.82) is 0 Å². The van der Waals surface area contributed by atoms with Gasteiger partial charge in [-0.25, -0.2) is 0 Å². The SMILES string of the molecule is Cc1ccc(CC2C[C@H]3[C@@H]4C(C)CC5N(C)C(=O)CC[C@]5(C)[C@@H]4CC[C@]3(C)C2)cc1. The van der Waals surface area contributed by atoms with E-state index in [-0.39, 0.29) is 0 Å². The third kappa shape index (κ3) is 3.07. The first kappa shape index (κ1) is 20.6. The summed E-state index contributed by atoms with van der Waals surface area (Å²) in [4.78, 5) is 14.6. The van der Waals surface area contributed by atoms with Crippen LogP contribution in [0.15, 0.2) is 24.3 Å². The average molecular weight is 408 g/mol. The van der Waals surface area contributed by atoms with Crippen LogP contribution in [-0.2, 0) is 11.2 Å². The van der Waals surface area contributed by atoms with E-state index in [1.165, 1.54) is 49.7 Å². The fourth-order valence-corrected chi connectivity index (χ4v) is 8.89.